The number of hydrogen-bond donors (Lipinski definition) is 2. The molecule has 5 nitrogen and oxygen atoms in total. The van der Waals surface area contributed by atoms with Gasteiger partial charge in [-0.25, -0.2) is 10.8 Å². The molecule has 0 atom stereocenters. The van der Waals surface area contributed by atoms with Crippen molar-refractivity contribution in [3.63, 3.8) is 0 Å². The first-order valence-electron chi connectivity index (χ1n) is 6.31. The summed E-state index contributed by atoms with van der Waals surface area (Å²) in [4.78, 5) is 12.3. The van der Waals surface area contributed by atoms with E-state index in [4.69, 9.17) is 5.84 Å². The van der Waals surface area contributed by atoms with E-state index in [0.717, 1.165) is 34.4 Å². The maximum atomic E-state index is 5.46. The molecule has 1 aliphatic rings. The number of aromatic nitrogens is 2. The number of nitrogens with zero attached hydrogens (tertiary/aromatic N) is 3. The van der Waals surface area contributed by atoms with Crippen molar-refractivity contribution < 1.29 is 0 Å². The minimum absolute atomic E-state index is 0.497. The van der Waals surface area contributed by atoms with Crippen LogP contribution >= 0.6 is 23.1 Å². The molecule has 102 valence electrons. The fraction of sp³-hybridized carbons (Fsp3) is 0.500. The van der Waals surface area contributed by atoms with Gasteiger partial charge in [0.2, 0.25) is 5.95 Å². The van der Waals surface area contributed by atoms with Crippen LogP contribution in [0.4, 0.5) is 11.8 Å². The number of nitrogens with two attached hydrogens (primary N) is 1. The van der Waals surface area contributed by atoms with Crippen LogP contribution in [-0.2, 0) is 0 Å². The lowest BCUT2D eigenvalue weighted by Crippen LogP contribution is -2.35. The van der Waals surface area contributed by atoms with Gasteiger partial charge in [-0.1, -0.05) is 0 Å². The summed E-state index contributed by atoms with van der Waals surface area (Å²) in [5.41, 5.74) is 2.56. The van der Waals surface area contributed by atoms with E-state index in [2.05, 4.69) is 38.0 Å². The van der Waals surface area contributed by atoms with E-state index >= 15 is 0 Å². The molecule has 0 unspecified atom stereocenters. The fourth-order valence-electron chi connectivity index (χ4n) is 2.45. The van der Waals surface area contributed by atoms with Crippen LogP contribution in [-0.4, -0.2) is 34.6 Å². The van der Waals surface area contributed by atoms with Crippen LogP contribution in [0, 0.1) is 0 Å². The van der Waals surface area contributed by atoms with E-state index in [0.29, 0.717) is 5.95 Å². The van der Waals surface area contributed by atoms with Crippen LogP contribution in [0.15, 0.2) is 11.4 Å². The number of thiophene rings is 1. The SMILES string of the molecule is CSC1CCN(c2nc(NN)nc3sccc23)CC1. The highest BCUT2D eigenvalue weighted by atomic mass is 32.2. The van der Waals surface area contributed by atoms with Gasteiger partial charge in [0.15, 0.2) is 0 Å². The number of piperidine rings is 1. The minimum atomic E-state index is 0.497. The zero-order valence-corrected chi connectivity index (χ0v) is 12.4. The first-order chi connectivity index (χ1) is 9.31. The highest BCUT2D eigenvalue weighted by Crippen LogP contribution is 2.32. The fourth-order valence-corrected chi connectivity index (χ4v) is 3.89. The third kappa shape index (κ3) is 2.50. The van der Waals surface area contributed by atoms with Gasteiger partial charge in [0, 0.05) is 18.3 Å². The molecule has 3 heterocycles. The monoisotopic (exact) mass is 295 g/mol. The summed E-state index contributed by atoms with van der Waals surface area (Å²) < 4.78 is 0. The quantitative estimate of drug-likeness (QED) is 0.669. The van der Waals surface area contributed by atoms with Crippen molar-refractivity contribution in [1.82, 2.24) is 9.97 Å². The van der Waals surface area contributed by atoms with Gasteiger partial charge in [-0.3, -0.25) is 5.43 Å². The molecule has 1 aliphatic heterocycles. The van der Waals surface area contributed by atoms with E-state index in [-0.39, 0.29) is 0 Å². The molecule has 1 saturated heterocycles. The van der Waals surface area contributed by atoms with Gasteiger partial charge in [0.25, 0.3) is 0 Å². The summed E-state index contributed by atoms with van der Waals surface area (Å²) in [5, 5.41) is 3.97. The van der Waals surface area contributed by atoms with Crippen LogP contribution in [0.1, 0.15) is 12.8 Å². The van der Waals surface area contributed by atoms with Crippen molar-refractivity contribution in [1.29, 1.82) is 0 Å². The third-order valence-corrected chi connectivity index (χ3v) is 5.45. The van der Waals surface area contributed by atoms with Crippen molar-refractivity contribution in [2.45, 2.75) is 18.1 Å². The van der Waals surface area contributed by atoms with Crippen LogP contribution in [0.25, 0.3) is 10.2 Å². The molecule has 0 saturated carbocycles. The molecular formula is C12H17N5S2. The van der Waals surface area contributed by atoms with E-state index in [1.807, 2.05) is 11.8 Å². The lowest BCUT2D eigenvalue weighted by Gasteiger charge is -2.32. The van der Waals surface area contributed by atoms with E-state index in [1.165, 1.54) is 12.8 Å². The summed E-state index contributed by atoms with van der Waals surface area (Å²) in [7, 11) is 0. The highest BCUT2D eigenvalue weighted by molar-refractivity contribution is 7.99. The molecule has 2 aromatic rings. The lowest BCUT2D eigenvalue weighted by molar-refractivity contribution is 0.588. The molecule has 0 aromatic carbocycles. The third-order valence-electron chi connectivity index (χ3n) is 3.51. The zero-order chi connectivity index (χ0) is 13.2. The summed E-state index contributed by atoms with van der Waals surface area (Å²) in [6.45, 7) is 2.11. The van der Waals surface area contributed by atoms with Crippen molar-refractivity contribution in [3.8, 4) is 0 Å². The zero-order valence-electron chi connectivity index (χ0n) is 10.8. The second-order valence-electron chi connectivity index (χ2n) is 4.58. The first-order valence-corrected chi connectivity index (χ1v) is 8.48. The number of nitrogen functional groups attached to an aromatic ring is 1. The van der Waals surface area contributed by atoms with Gasteiger partial charge in [0.05, 0.1) is 5.39 Å². The second-order valence-corrected chi connectivity index (χ2v) is 6.61. The molecule has 3 N–H and O–H groups in total. The average molecular weight is 295 g/mol. The van der Waals surface area contributed by atoms with Crippen LogP contribution in [0.5, 0.6) is 0 Å². The number of fused-ring (bicyclic) bond motifs is 1. The molecule has 0 amide bonds. The van der Waals surface area contributed by atoms with Crippen LogP contribution < -0.4 is 16.2 Å². The number of nitrogens with one attached hydrogen (secondary N) is 1. The molecule has 0 radical (unpaired) electrons. The number of hydrazine groups is 1. The van der Waals surface area contributed by atoms with Crippen LogP contribution in [0.3, 0.4) is 0 Å². The van der Waals surface area contributed by atoms with Gasteiger partial charge in [-0.2, -0.15) is 16.7 Å². The number of rotatable bonds is 3. The molecule has 19 heavy (non-hydrogen) atoms. The first kappa shape index (κ1) is 13.0. The molecule has 1 fully saturated rings. The van der Waals surface area contributed by atoms with Gasteiger partial charge in [0.1, 0.15) is 10.6 Å². The Labute approximate surface area is 120 Å². The number of hydrogen-bond acceptors (Lipinski definition) is 7. The molecule has 0 aliphatic carbocycles. The van der Waals surface area contributed by atoms with Gasteiger partial charge in [-0.05, 0) is 30.5 Å². The molecule has 3 rings (SSSR count). The van der Waals surface area contributed by atoms with Crippen molar-refractivity contribution in [3.05, 3.63) is 11.4 Å². The van der Waals surface area contributed by atoms with Gasteiger partial charge >= 0.3 is 0 Å². The predicted molar refractivity (Wildman–Crippen MR) is 84.0 cm³/mol. The number of thioether (sulfide) groups is 1. The Balaban J connectivity index is 1.93. The Hall–Kier alpha value is -1.05. The predicted octanol–water partition coefficient (Wildman–Crippen LogP) is 2.31. The summed E-state index contributed by atoms with van der Waals surface area (Å²) in [6, 6.07) is 2.09. The maximum Gasteiger partial charge on any atom is 0.240 e. The molecule has 2 aromatic heterocycles. The largest absolute Gasteiger partial charge is 0.356 e. The smallest absolute Gasteiger partial charge is 0.240 e. The summed E-state index contributed by atoms with van der Waals surface area (Å²) in [5.74, 6) is 6.97. The Morgan fingerprint density at radius 1 is 1.42 bits per heavy atom. The van der Waals surface area contributed by atoms with Crippen molar-refractivity contribution in [2.24, 2.45) is 5.84 Å². The van der Waals surface area contributed by atoms with E-state index in [1.54, 1.807) is 11.3 Å². The Bertz CT molecular complexity index is 562. The topological polar surface area (TPSA) is 67.1 Å². The van der Waals surface area contributed by atoms with Crippen molar-refractivity contribution >= 4 is 45.1 Å². The van der Waals surface area contributed by atoms with Crippen molar-refractivity contribution in [2.75, 3.05) is 29.7 Å². The summed E-state index contributed by atoms with van der Waals surface area (Å²) in [6.07, 6.45) is 4.61. The minimum Gasteiger partial charge on any atom is -0.356 e. The lowest BCUT2D eigenvalue weighted by atomic mass is 10.1. The Morgan fingerprint density at radius 3 is 2.89 bits per heavy atom. The highest BCUT2D eigenvalue weighted by Gasteiger charge is 2.22. The summed E-state index contributed by atoms with van der Waals surface area (Å²) >= 11 is 3.59. The maximum absolute atomic E-state index is 5.46. The van der Waals surface area contributed by atoms with E-state index in [9.17, 15) is 0 Å². The average Bonchev–Trinajstić information content (AvgIpc) is 2.94. The Morgan fingerprint density at radius 2 is 2.21 bits per heavy atom. The number of anilines is 2. The van der Waals surface area contributed by atoms with Gasteiger partial charge in [-0.15, -0.1) is 11.3 Å². The second kappa shape index (κ2) is 5.52. The molecule has 0 bridgehead atoms. The van der Waals surface area contributed by atoms with Crippen LogP contribution in [0.2, 0.25) is 0 Å². The molecular weight excluding hydrogens is 278 g/mol. The normalized spacial score (nSPS) is 17.1. The molecule has 7 heteroatoms. The standard InChI is InChI=1S/C12H17N5S2/c1-18-8-2-5-17(6-3-8)10-9-4-7-19-11(9)15-12(14-10)16-13/h4,7-8H,2-3,5-6,13H2,1H3,(H,14,15,16). The Kier molecular flexibility index (Phi) is 3.76. The van der Waals surface area contributed by atoms with E-state index < -0.39 is 0 Å². The molecule has 0 spiro atoms. The van der Waals surface area contributed by atoms with Gasteiger partial charge < -0.3 is 4.90 Å².